The van der Waals surface area contributed by atoms with Gasteiger partial charge in [0.15, 0.2) is 0 Å². The molecule has 4 heteroatoms. The number of hydrogen-bond acceptors (Lipinski definition) is 3. The summed E-state index contributed by atoms with van der Waals surface area (Å²) < 4.78 is 0. The van der Waals surface area contributed by atoms with Crippen LogP contribution < -0.4 is 5.32 Å². The van der Waals surface area contributed by atoms with Gasteiger partial charge in [-0.25, -0.2) is 4.79 Å². The monoisotopic (exact) mass is 239 g/mol. The Morgan fingerprint density at radius 2 is 2.44 bits per heavy atom. The first-order valence-electron chi connectivity index (χ1n) is 5.71. The maximum atomic E-state index is 10.9. The van der Waals surface area contributed by atoms with E-state index in [4.69, 9.17) is 5.11 Å². The normalized spacial score (nSPS) is 18.1. The molecule has 1 unspecified atom stereocenters. The van der Waals surface area contributed by atoms with Crippen LogP contribution in [0.15, 0.2) is 11.4 Å². The quantitative estimate of drug-likeness (QED) is 0.830. The van der Waals surface area contributed by atoms with Gasteiger partial charge in [-0.2, -0.15) is 0 Å². The van der Waals surface area contributed by atoms with Gasteiger partial charge < -0.3 is 10.4 Å². The Morgan fingerprint density at radius 3 is 3.00 bits per heavy atom. The van der Waals surface area contributed by atoms with Crippen molar-refractivity contribution in [3.63, 3.8) is 0 Å². The molecule has 0 aliphatic heterocycles. The van der Waals surface area contributed by atoms with E-state index in [0.717, 1.165) is 11.5 Å². The van der Waals surface area contributed by atoms with Crippen LogP contribution in [0.5, 0.6) is 0 Å². The number of rotatable bonds is 5. The molecule has 0 bridgehead atoms. The van der Waals surface area contributed by atoms with Crippen molar-refractivity contribution in [3.8, 4) is 0 Å². The molecule has 0 aromatic carbocycles. The molecule has 1 aliphatic rings. The molecule has 1 heterocycles. The Hall–Kier alpha value is -0.870. The van der Waals surface area contributed by atoms with Crippen molar-refractivity contribution < 1.29 is 9.90 Å². The molecule has 3 nitrogen and oxygen atoms in total. The highest BCUT2D eigenvalue weighted by Gasteiger charge is 2.23. The average molecular weight is 239 g/mol. The van der Waals surface area contributed by atoms with Gasteiger partial charge in [0.05, 0.1) is 0 Å². The zero-order valence-electron chi connectivity index (χ0n) is 9.40. The van der Waals surface area contributed by atoms with Crippen molar-refractivity contribution in [2.24, 2.45) is 5.92 Å². The van der Waals surface area contributed by atoms with Gasteiger partial charge in [-0.3, -0.25) is 0 Å². The van der Waals surface area contributed by atoms with Gasteiger partial charge in [-0.1, -0.05) is 6.42 Å². The SMILES string of the molecule is CC(NCc1ccsc1C(=O)O)C1CCC1. The number of carboxylic acids is 1. The van der Waals surface area contributed by atoms with E-state index in [9.17, 15) is 4.79 Å². The number of carboxylic acid groups (broad SMARTS) is 1. The molecule has 2 rings (SSSR count). The topological polar surface area (TPSA) is 49.3 Å². The Bertz CT molecular complexity index is 371. The average Bonchev–Trinajstić information content (AvgIpc) is 2.59. The maximum Gasteiger partial charge on any atom is 0.346 e. The molecule has 0 radical (unpaired) electrons. The minimum Gasteiger partial charge on any atom is -0.477 e. The summed E-state index contributed by atoms with van der Waals surface area (Å²) in [7, 11) is 0. The van der Waals surface area contributed by atoms with Gasteiger partial charge in [0, 0.05) is 12.6 Å². The molecular formula is C12H17NO2S. The molecule has 1 saturated carbocycles. The molecule has 1 fully saturated rings. The lowest BCUT2D eigenvalue weighted by molar-refractivity contribution is 0.0701. The second-order valence-electron chi connectivity index (χ2n) is 4.44. The summed E-state index contributed by atoms with van der Waals surface area (Å²) in [4.78, 5) is 11.4. The number of carbonyl (C=O) groups is 1. The Labute approximate surface area is 99.5 Å². The third-order valence-electron chi connectivity index (χ3n) is 3.41. The van der Waals surface area contributed by atoms with Crippen molar-refractivity contribution in [1.29, 1.82) is 0 Å². The predicted molar refractivity (Wildman–Crippen MR) is 64.9 cm³/mol. The Morgan fingerprint density at radius 1 is 1.69 bits per heavy atom. The van der Waals surface area contributed by atoms with Crippen LogP contribution in [0, 0.1) is 5.92 Å². The summed E-state index contributed by atoms with van der Waals surface area (Å²) in [6, 6.07) is 2.39. The standard InChI is InChI=1S/C12H17NO2S/c1-8(9-3-2-4-9)13-7-10-5-6-16-11(10)12(14)15/h5-6,8-9,13H,2-4,7H2,1H3,(H,14,15). The van der Waals surface area contributed by atoms with E-state index in [-0.39, 0.29) is 0 Å². The molecule has 0 amide bonds. The summed E-state index contributed by atoms with van der Waals surface area (Å²) in [6.45, 7) is 2.86. The van der Waals surface area contributed by atoms with Crippen LogP contribution in [0.4, 0.5) is 0 Å². The third-order valence-corrected chi connectivity index (χ3v) is 4.36. The Balaban J connectivity index is 1.88. The van der Waals surface area contributed by atoms with Crippen LogP contribution in [0.1, 0.15) is 41.4 Å². The van der Waals surface area contributed by atoms with Gasteiger partial charge in [0.25, 0.3) is 0 Å². The number of hydrogen-bond donors (Lipinski definition) is 2. The molecular weight excluding hydrogens is 222 g/mol. The van der Waals surface area contributed by atoms with Crippen LogP contribution >= 0.6 is 11.3 Å². The zero-order valence-corrected chi connectivity index (χ0v) is 10.2. The maximum absolute atomic E-state index is 10.9. The number of thiophene rings is 1. The van der Waals surface area contributed by atoms with E-state index in [1.165, 1.54) is 30.6 Å². The minimum atomic E-state index is -0.817. The van der Waals surface area contributed by atoms with Crippen molar-refractivity contribution >= 4 is 17.3 Å². The summed E-state index contributed by atoms with van der Waals surface area (Å²) in [5.74, 6) is -0.0324. The summed E-state index contributed by atoms with van der Waals surface area (Å²) in [6.07, 6.45) is 3.96. The van der Waals surface area contributed by atoms with E-state index in [1.54, 1.807) is 0 Å². The van der Waals surface area contributed by atoms with Crippen LogP contribution in [-0.2, 0) is 6.54 Å². The van der Waals surface area contributed by atoms with Gasteiger partial charge in [-0.15, -0.1) is 11.3 Å². The zero-order chi connectivity index (χ0) is 11.5. The summed E-state index contributed by atoms with van der Waals surface area (Å²) in [5, 5.41) is 14.2. The van der Waals surface area contributed by atoms with Crippen LogP contribution in [0.2, 0.25) is 0 Å². The van der Waals surface area contributed by atoms with Crippen LogP contribution in [0.25, 0.3) is 0 Å². The fraction of sp³-hybridized carbons (Fsp3) is 0.583. The molecule has 0 spiro atoms. The second-order valence-corrected chi connectivity index (χ2v) is 5.36. The number of aromatic carboxylic acids is 1. The molecule has 16 heavy (non-hydrogen) atoms. The predicted octanol–water partition coefficient (Wildman–Crippen LogP) is 2.72. The molecule has 1 aromatic rings. The van der Waals surface area contributed by atoms with Crippen LogP contribution in [0.3, 0.4) is 0 Å². The van der Waals surface area contributed by atoms with Gasteiger partial charge in [0.2, 0.25) is 0 Å². The second kappa shape index (κ2) is 4.97. The highest BCUT2D eigenvalue weighted by Crippen LogP contribution is 2.29. The molecule has 2 N–H and O–H groups in total. The van der Waals surface area contributed by atoms with Gasteiger partial charge in [-0.05, 0) is 42.7 Å². The molecule has 0 saturated heterocycles. The highest BCUT2D eigenvalue weighted by atomic mass is 32.1. The molecule has 1 aliphatic carbocycles. The smallest absolute Gasteiger partial charge is 0.346 e. The van der Waals surface area contributed by atoms with Crippen molar-refractivity contribution in [3.05, 3.63) is 21.9 Å². The van der Waals surface area contributed by atoms with E-state index in [0.29, 0.717) is 17.5 Å². The largest absolute Gasteiger partial charge is 0.477 e. The van der Waals surface area contributed by atoms with Gasteiger partial charge >= 0.3 is 5.97 Å². The lowest BCUT2D eigenvalue weighted by atomic mass is 9.80. The fourth-order valence-corrected chi connectivity index (χ4v) is 2.80. The van der Waals surface area contributed by atoms with E-state index >= 15 is 0 Å². The van der Waals surface area contributed by atoms with Crippen molar-refractivity contribution in [2.75, 3.05) is 0 Å². The number of nitrogens with one attached hydrogen (secondary N) is 1. The lowest BCUT2D eigenvalue weighted by Crippen LogP contribution is -2.36. The molecule has 1 atom stereocenters. The lowest BCUT2D eigenvalue weighted by Gasteiger charge is -2.32. The van der Waals surface area contributed by atoms with Gasteiger partial charge in [0.1, 0.15) is 4.88 Å². The fourth-order valence-electron chi connectivity index (χ4n) is 2.04. The van der Waals surface area contributed by atoms with Crippen LogP contribution in [-0.4, -0.2) is 17.1 Å². The first kappa shape index (κ1) is 11.6. The minimum absolute atomic E-state index is 0.466. The summed E-state index contributed by atoms with van der Waals surface area (Å²) >= 11 is 1.30. The summed E-state index contributed by atoms with van der Waals surface area (Å²) in [5.41, 5.74) is 0.906. The third kappa shape index (κ3) is 2.44. The Kier molecular flexibility index (Phi) is 3.61. The van der Waals surface area contributed by atoms with Crippen molar-refractivity contribution in [2.45, 2.75) is 38.8 Å². The van der Waals surface area contributed by atoms with Crippen molar-refractivity contribution in [1.82, 2.24) is 5.32 Å². The van der Waals surface area contributed by atoms with E-state index < -0.39 is 5.97 Å². The first-order valence-corrected chi connectivity index (χ1v) is 6.59. The molecule has 88 valence electrons. The van der Waals surface area contributed by atoms with E-state index in [1.807, 2.05) is 11.4 Å². The highest BCUT2D eigenvalue weighted by molar-refractivity contribution is 7.12. The first-order chi connectivity index (χ1) is 7.68. The molecule has 1 aromatic heterocycles. The van der Waals surface area contributed by atoms with E-state index in [2.05, 4.69) is 12.2 Å².